The van der Waals surface area contributed by atoms with Crippen LogP contribution < -0.4 is 5.32 Å². The number of amides is 1. The summed E-state index contributed by atoms with van der Waals surface area (Å²) in [5.41, 5.74) is 0. The molecule has 0 aliphatic carbocycles. The summed E-state index contributed by atoms with van der Waals surface area (Å²) >= 11 is 0. The van der Waals surface area contributed by atoms with Crippen molar-refractivity contribution in [3.8, 4) is 0 Å². The van der Waals surface area contributed by atoms with Gasteiger partial charge in [-0.05, 0) is 45.2 Å². The molecule has 1 amide bonds. The van der Waals surface area contributed by atoms with Crippen LogP contribution in [0.4, 0.5) is 0 Å². The molecule has 88 valence electrons. The molecule has 2 atom stereocenters. The van der Waals surface area contributed by atoms with Crippen molar-refractivity contribution in [1.82, 2.24) is 10.2 Å². The highest BCUT2D eigenvalue weighted by Gasteiger charge is 2.27. The van der Waals surface area contributed by atoms with Gasteiger partial charge in [0.05, 0.1) is 0 Å². The Morgan fingerprint density at radius 3 is 2.80 bits per heavy atom. The standard InChI is InChI=1S/C11H20N2O.ClH/c1-9-3-2-6-13(9)11(14)7-10-4-5-12-8-10;/h9-10,12H,2-8H2,1H3;1H/t9?,10-;/m0./s1. The van der Waals surface area contributed by atoms with Gasteiger partial charge in [0.15, 0.2) is 0 Å². The minimum absolute atomic E-state index is 0. The van der Waals surface area contributed by atoms with Gasteiger partial charge in [-0.2, -0.15) is 0 Å². The average molecular weight is 233 g/mol. The molecule has 2 rings (SSSR count). The fraction of sp³-hybridized carbons (Fsp3) is 0.909. The fourth-order valence-corrected chi connectivity index (χ4v) is 2.56. The maximum Gasteiger partial charge on any atom is 0.223 e. The predicted octanol–water partition coefficient (Wildman–Crippen LogP) is 1.42. The molecule has 0 aromatic heterocycles. The van der Waals surface area contributed by atoms with Gasteiger partial charge in [0.2, 0.25) is 5.91 Å². The van der Waals surface area contributed by atoms with Crippen LogP contribution in [0.2, 0.25) is 0 Å². The highest BCUT2D eigenvalue weighted by atomic mass is 35.5. The largest absolute Gasteiger partial charge is 0.340 e. The topological polar surface area (TPSA) is 32.3 Å². The van der Waals surface area contributed by atoms with Gasteiger partial charge in [-0.25, -0.2) is 0 Å². The second-order valence-electron chi connectivity index (χ2n) is 4.64. The normalized spacial score (nSPS) is 30.3. The molecule has 2 saturated heterocycles. The van der Waals surface area contributed by atoms with Crippen LogP contribution in [0.1, 0.15) is 32.6 Å². The van der Waals surface area contributed by atoms with Crippen LogP contribution >= 0.6 is 12.4 Å². The van der Waals surface area contributed by atoms with Crippen LogP contribution in [0.3, 0.4) is 0 Å². The summed E-state index contributed by atoms with van der Waals surface area (Å²) in [5, 5.41) is 3.31. The van der Waals surface area contributed by atoms with Gasteiger partial charge in [-0.3, -0.25) is 4.79 Å². The predicted molar refractivity (Wildman–Crippen MR) is 63.3 cm³/mol. The van der Waals surface area contributed by atoms with E-state index in [2.05, 4.69) is 17.1 Å². The maximum absolute atomic E-state index is 11.9. The van der Waals surface area contributed by atoms with E-state index >= 15 is 0 Å². The molecule has 0 saturated carbocycles. The lowest BCUT2D eigenvalue weighted by molar-refractivity contribution is -0.132. The molecule has 15 heavy (non-hydrogen) atoms. The molecule has 1 N–H and O–H groups in total. The molecule has 0 aromatic rings. The van der Waals surface area contributed by atoms with Crippen molar-refractivity contribution in [2.45, 2.75) is 38.6 Å². The Bertz CT molecular complexity index is 217. The lowest BCUT2D eigenvalue weighted by Gasteiger charge is -2.22. The van der Waals surface area contributed by atoms with Crippen LogP contribution in [0.5, 0.6) is 0 Å². The quantitative estimate of drug-likeness (QED) is 0.781. The van der Waals surface area contributed by atoms with Crippen LogP contribution in [0.15, 0.2) is 0 Å². The number of nitrogens with zero attached hydrogens (tertiary/aromatic N) is 1. The lowest BCUT2D eigenvalue weighted by atomic mass is 10.0. The Labute approximate surface area is 98.0 Å². The van der Waals surface area contributed by atoms with Crippen molar-refractivity contribution >= 4 is 18.3 Å². The molecule has 2 heterocycles. The summed E-state index contributed by atoms with van der Waals surface area (Å²) in [7, 11) is 0. The first-order valence-corrected chi connectivity index (χ1v) is 5.77. The third kappa shape index (κ3) is 3.08. The van der Waals surface area contributed by atoms with Crippen molar-refractivity contribution in [2.24, 2.45) is 5.92 Å². The summed E-state index contributed by atoms with van der Waals surface area (Å²) < 4.78 is 0. The zero-order valence-electron chi connectivity index (χ0n) is 9.37. The van der Waals surface area contributed by atoms with Gasteiger partial charge in [0.25, 0.3) is 0 Å². The third-order valence-corrected chi connectivity index (χ3v) is 3.50. The zero-order valence-corrected chi connectivity index (χ0v) is 10.2. The molecule has 0 aromatic carbocycles. The molecule has 1 unspecified atom stereocenters. The Kier molecular flexibility index (Phi) is 4.87. The number of hydrogen-bond acceptors (Lipinski definition) is 2. The van der Waals surface area contributed by atoms with Gasteiger partial charge in [0, 0.05) is 19.0 Å². The molecule has 0 radical (unpaired) electrons. The first kappa shape index (κ1) is 12.8. The third-order valence-electron chi connectivity index (χ3n) is 3.50. The number of hydrogen-bond donors (Lipinski definition) is 1. The van der Waals surface area contributed by atoms with Gasteiger partial charge in [-0.15, -0.1) is 12.4 Å². The highest BCUT2D eigenvalue weighted by Crippen LogP contribution is 2.20. The molecule has 2 fully saturated rings. The molecule has 2 aliphatic rings. The van der Waals surface area contributed by atoms with Gasteiger partial charge < -0.3 is 10.2 Å². The first-order valence-electron chi connectivity index (χ1n) is 5.77. The minimum Gasteiger partial charge on any atom is -0.340 e. The number of halogens is 1. The molecule has 0 spiro atoms. The maximum atomic E-state index is 11.9. The van der Waals surface area contributed by atoms with Crippen LogP contribution in [0.25, 0.3) is 0 Å². The van der Waals surface area contributed by atoms with Crippen LogP contribution in [-0.2, 0) is 4.79 Å². The van der Waals surface area contributed by atoms with E-state index < -0.39 is 0 Å². The molecule has 0 bridgehead atoms. The van der Waals surface area contributed by atoms with E-state index in [1.54, 1.807) is 0 Å². The summed E-state index contributed by atoms with van der Waals surface area (Å²) in [4.78, 5) is 14.0. The van der Waals surface area contributed by atoms with Crippen molar-refractivity contribution in [1.29, 1.82) is 0 Å². The van der Waals surface area contributed by atoms with E-state index in [1.165, 1.54) is 19.3 Å². The minimum atomic E-state index is 0. The van der Waals surface area contributed by atoms with E-state index in [0.29, 0.717) is 17.9 Å². The monoisotopic (exact) mass is 232 g/mol. The molecule has 4 heteroatoms. The van der Waals surface area contributed by atoms with Gasteiger partial charge >= 0.3 is 0 Å². The number of likely N-dealkylation sites (tertiary alicyclic amines) is 1. The summed E-state index contributed by atoms with van der Waals surface area (Å²) in [6.07, 6.45) is 4.32. The summed E-state index contributed by atoms with van der Waals surface area (Å²) in [6.45, 7) is 5.28. The van der Waals surface area contributed by atoms with E-state index in [-0.39, 0.29) is 12.4 Å². The smallest absolute Gasteiger partial charge is 0.223 e. The fourth-order valence-electron chi connectivity index (χ4n) is 2.56. The van der Waals surface area contributed by atoms with Gasteiger partial charge in [0.1, 0.15) is 0 Å². The second kappa shape index (κ2) is 5.71. The van der Waals surface area contributed by atoms with Crippen LogP contribution in [0, 0.1) is 5.92 Å². The first-order chi connectivity index (χ1) is 6.77. The summed E-state index contributed by atoms with van der Waals surface area (Å²) in [5.74, 6) is 0.971. The Morgan fingerprint density at radius 2 is 2.27 bits per heavy atom. The number of rotatable bonds is 2. The lowest BCUT2D eigenvalue weighted by Crippen LogP contribution is -2.35. The van der Waals surface area contributed by atoms with Crippen molar-refractivity contribution in [3.05, 3.63) is 0 Å². The average Bonchev–Trinajstić information content (AvgIpc) is 2.75. The van der Waals surface area contributed by atoms with E-state index in [1.807, 2.05) is 0 Å². The number of carbonyl (C=O) groups excluding carboxylic acids is 1. The van der Waals surface area contributed by atoms with Crippen molar-refractivity contribution < 1.29 is 4.79 Å². The number of nitrogens with one attached hydrogen (secondary N) is 1. The van der Waals surface area contributed by atoms with Gasteiger partial charge in [-0.1, -0.05) is 0 Å². The van der Waals surface area contributed by atoms with Crippen LogP contribution in [-0.4, -0.2) is 36.5 Å². The SMILES string of the molecule is CC1CCCN1C(=O)C[C@@H]1CCNC1.Cl. The second-order valence-corrected chi connectivity index (χ2v) is 4.64. The molecular weight excluding hydrogens is 212 g/mol. The van der Waals surface area contributed by atoms with E-state index in [0.717, 1.165) is 26.1 Å². The number of carbonyl (C=O) groups is 1. The molecule has 2 aliphatic heterocycles. The molecular formula is C11H21ClN2O. The highest BCUT2D eigenvalue weighted by molar-refractivity contribution is 5.85. The van der Waals surface area contributed by atoms with Crippen molar-refractivity contribution in [3.63, 3.8) is 0 Å². The zero-order chi connectivity index (χ0) is 9.97. The van der Waals surface area contributed by atoms with Crippen molar-refractivity contribution in [2.75, 3.05) is 19.6 Å². The summed E-state index contributed by atoms with van der Waals surface area (Å²) in [6, 6.07) is 0.483. The molecule has 3 nitrogen and oxygen atoms in total. The Balaban J connectivity index is 0.00000112. The Hall–Kier alpha value is -0.280. The Morgan fingerprint density at radius 1 is 1.47 bits per heavy atom. The van der Waals surface area contributed by atoms with E-state index in [9.17, 15) is 4.79 Å². The van der Waals surface area contributed by atoms with E-state index in [4.69, 9.17) is 0 Å².